The zero-order valence-electron chi connectivity index (χ0n) is 33.6. The van der Waals surface area contributed by atoms with E-state index in [1.807, 2.05) is 46.8 Å². The highest BCUT2D eigenvalue weighted by Gasteiger charge is 2.45. The Morgan fingerprint density at radius 3 is 2.37 bits per heavy atom. The van der Waals surface area contributed by atoms with Crippen molar-refractivity contribution in [3.05, 3.63) is 114 Å². The maximum Gasteiger partial charge on any atom is 0.421 e. The Balaban J connectivity index is 0.684. The van der Waals surface area contributed by atoms with Crippen molar-refractivity contribution >= 4 is 51.1 Å². The van der Waals surface area contributed by atoms with Crippen LogP contribution in [0.15, 0.2) is 91.4 Å². The van der Waals surface area contributed by atoms with Crippen LogP contribution in [0.2, 0.25) is 0 Å². The number of halogens is 3. The van der Waals surface area contributed by atoms with Crippen LogP contribution in [-0.4, -0.2) is 87.1 Å². The molecule has 1 unspecified atom stereocenters. The summed E-state index contributed by atoms with van der Waals surface area (Å²) in [6.07, 6.45) is 0.383. The molecule has 3 aromatic heterocycles. The number of nitrogens with zero attached hydrogens (tertiary/aromatic N) is 5. The predicted octanol–water partition coefficient (Wildman–Crippen LogP) is 6.45. The van der Waals surface area contributed by atoms with E-state index in [1.54, 1.807) is 48.8 Å². The van der Waals surface area contributed by atoms with Gasteiger partial charge in [-0.05, 0) is 72.6 Å². The van der Waals surface area contributed by atoms with Gasteiger partial charge in [0, 0.05) is 91.1 Å². The topological polar surface area (TPSA) is 145 Å². The molecular formula is C47H37F3N6O7. The molecule has 1 atom stereocenters. The molecule has 6 aromatic rings. The number of amides is 4. The van der Waals surface area contributed by atoms with Gasteiger partial charge >= 0.3 is 6.18 Å². The Labute approximate surface area is 357 Å². The first kappa shape index (κ1) is 39.9. The van der Waals surface area contributed by atoms with Crippen molar-refractivity contribution in [2.75, 3.05) is 24.6 Å². The average molecular weight is 855 g/mol. The summed E-state index contributed by atoms with van der Waals surface area (Å²) in [5, 5.41) is 4.13. The molecule has 3 fully saturated rings. The molecule has 10 rings (SSSR count). The molecule has 13 nitrogen and oxygen atoms in total. The summed E-state index contributed by atoms with van der Waals surface area (Å²) in [6.45, 7) is 1.33. The van der Waals surface area contributed by atoms with Crippen LogP contribution in [0.25, 0.3) is 32.9 Å². The Bertz CT molecular complexity index is 2930. The zero-order valence-corrected chi connectivity index (χ0v) is 33.6. The van der Waals surface area contributed by atoms with Gasteiger partial charge in [-0.1, -0.05) is 24.0 Å². The zero-order chi connectivity index (χ0) is 43.6. The Hall–Kier alpha value is -7.25. The Morgan fingerprint density at radius 1 is 0.810 bits per heavy atom. The van der Waals surface area contributed by atoms with E-state index in [-0.39, 0.29) is 42.8 Å². The Morgan fingerprint density at radius 2 is 1.59 bits per heavy atom. The van der Waals surface area contributed by atoms with Gasteiger partial charge in [-0.15, -0.1) is 0 Å². The van der Waals surface area contributed by atoms with Crippen LogP contribution in [0.3, 0.4) is 0 Å². The van der Waals surface area contributed by atoms with Gasteiger partial charge in [-0.25, -0.2) is 4.98 Å². The van der Waals surface area contributed by atoms with Gasteiger partial charge in [0.15, 0.2) is 0 Å². The second-order valence-electron chi connectivity index (χ2n) is 16.1. The van der Waals surface area contributed by atoms with Crippen LogP contribution < -0.4 is 19.7 Å². The minimum Gasteiger partial charge on any atom is -0.490 e. The number of aromatic nitrogens is 3. The summed E-state index contributed by atoms with van der Waals surface area (Å²) in [5.41, 5.74) is 3.81. The van der Waals surface area contributed by atoms with Gasteiger partial charge in [0.2, 0.25) is 17.7 Å². The fourth-order valence-electron chi connectivity index (χ4n) is 8.53. The third-order valence-corrected chi connectivity index (χ3v) is 12.0. The van der Waals surface area contributed by atoms with Crippen molar-refractivity contribution in [1.82, 2.24) is 24.8 Å². The first-order chi connectivity index (χ1) is 30.4. The van der Waals surface area contributed by atoms with Crippen LogP contribution in [0, 0.1) is 11.8 Å². The van der Waals surface area contributed by atoms with E-state index in [4.69, 9.17) is 14.2 Å². The SMILES string of the molecule is Cn1c2ccncc2c2ccc(-c3cnc(O[C@H]4C[C@H](Oc5ccc(C#CCOC6CN(c7ccc8c(c7)C(=O)N(C7CCC(=O)NC7=O)C8=O)C6)cc5)C4)c(C(F)(F)F)c3)cc21. The summed E-state index contributed by atoms with van der Waals surface area (Å²) < 4.78 is 62.7. The number of rotatable bonds is 9. The number of nitrogens with one attached hydrogen (secondary N) is 1. The lowest BCUT2D eigenvalue weighted by Crippen LogP contribution is -2.54. The molecule has 1 aliphatic carbocycles. The van der Waals surface area contributed by atoms with Crippen LogP contribution in [0.1, 0.15) is 57.5 Å². The van der Waals surface area contributed by atoms with Gasteiger partial charge in [0.25, 0.3) is 11.8 Å². The Kier molecular flexibility index (Phi) is 9.86. The number of hydrogen-bond donors (Lipinski definition) is 1. The highest BCUT2D eigenvalue weighted by atomic mass is 19.4. The second kappa shape index (κ2) is 15.6. The molecule has 3 aliphatic heterocycles. The third-order valence-electron chi connectivity index (χ3n) is 12.0. The fraction of sp³-hybridized carbons (Fsp3) is 0.277. The smallest absolute Gasteiger partial charge is 0.421 e. The van der Waals surface area contributed by atoms with Gasteiger partial charge in [0.05, 0.1) is 22.7 Å². The molecule has 16 heteroatoms. The normalized spacial score (nSPS) is 20.0. The number of fused-ring (bicyclic) bond motifs is 4. The number of carbonyl (C=O) groups excluding carboxylic acids is 4. The molecule has 0 spiro atoms. The minimum absolute atomic E-state index is 0.0556. The molecule has 1 N–H and O–H groups in total. The molecule has 63 heavy (non-hydrogen) atoms. The quantitative estimate of drug-likeness (QED) is 0.127. The molecule has 318 valence electrons. The largest absolute Gasteiger partial charge is 0.490 e. The van der Waals surface area contributed by atoms with Crippen molar-refractivity contribution in [1.29, 1.82) is 0 Å². The second-order valence-corrected chi connectivity index (χ2v) is 16.1. The first-order valence-corrected chi connectivity index (χ1v) is 20.4. The van der Waals surface area contributed by atoms with Crippen LogP contribution in [0.5, 0.6) is 11.6 Å². The van der Waals surface area contributed by atoms with E-state index in [9.17, 15) is 32.3 Å². The summed E-state index contributed by atoms with van der Waals surface area (Å²) >= 11 is 0. The van der Waals surface area contributed by atoms with Gasteiger partial charge in [-0.3, -0.25) is 34.4 Å². The number of ether oxygens (including phenoxy) is 3. The fourth-order valence-corrected chi connectivity index (χ4v) is 8.53. The van der Waals surface area contributed by atoms with Gasteiger partial charge < -0.3 is 23.7 Å². The predicted molar refractivity (Wildman–Crippen MR) is 223 cm³/mol. The van der Waals surface area contributed by atoms with Crippen molar-refractivity contribution in [3.8, 4) is 34.6 Å². The maximum absolute atomic E-state index is 14.3. The van der Waals surface area contributed by atoms with Crippen molar-refractivity contribution in [2.24, 2.45) is 7.05 Å². The van der Waals surface area contributed by atoms with E-state index in [2.05, 4.69) is 27.1 Å². The number of aryl methyl sites for hydroxylation is 1. The number of anilines is 1. The standard InChI is InChI=1S/C47H37F3N6O7/c1-54-39-14-15-51-23-37(39)34-10-6-27(18-41(34)54)28-17-38(47(48,49)50)44(52-22-28)63-32-20-31(21-32)62-30-8-4-26(5-9-30)3-2-16-61-33-24-55(25-33)29-7-11-35-36(19-29)46(60)56(45(35)59)40-12-13-42(57)53-43(40)58/h4-11,14-15,17-19,22-23,31-33,40H,12-13,16,20-21,24-25H2,1H3,(H,53,57,58)/t31-,32-,40?. The number of alkyl halides is 3. The van der Waals surface area contributed by atoms with E-state index >= 15 is 0 Å². The number of imide groups is 2. The van der Waals surface area contributed by atoms with Crippen molar-refractivity contribution < 1.29 is 46.6 Å². The number of carbonyl (C=O) groups is 4. The van der Waals surface area contributed by atoms with Crippen LogP contribution in [0.4, 0.5) is 18.9 Å². The summed E-state index contributed by atoms with van der Waals surface area (Å²) in [7, 11) is 1.91. The molecule has 4 aliphatic rings. The molecule has 0 bridgehead atoms. The lowest BCUT2D eigenvalue weighted by atomic mass is 9.92. The number of benzene rings is 3. The minimum atomic E-state index is -4.67. The molecule has 3 aromatic carbocycles. The summed E-state index contributed by atoms with van der Waals surface area (Å²) in [4.78, 5) is 61.4. The molecule has 0 radical (unpaired) electrons. The van der Waals surface area contributed by atoms with Crippen LogP contribution in [-0.2, 0) is 27.5 Å². The van der Waals surface area contributed by atoms with E-state index in [0.717, 1.165) is 44.0 Å². The third kappa shape index (κ3) is 7.48. The maximum atomic E-state index is 14.3. The molecule has 1 saturated carbocycles. The molecule has 6 heterocycles. The first-order valence-electron chi connectivity index (χ1n) is 20.4. The molecule has 4 amide bonds. The highest BCUT2D eigenvalue weighted by molar-refractivity contribution is 6.23. The lowest BCUT2D eigenvalue weighted by Gasteiger charge is -2.40. The number of hydrogen-bond acceptors (Lipinski definition) is 10. The van der Waals surface area contributed by atoms with Gasteiger partial charge in [-0.2, -0.15) is 13.2 Å². The van der Waals surface area contributed by atoms with E-state index < -0.39 is 53.4 Å². The van der Waals surface area contributed by atoms with E-state index in [0.29, 0.717) is 42.8 Å². The summed E-state index contributed by atoms with van der Waals surface area (Å²) in [6, 6.07) is 19.7. The van der Waals surface area contributed by atoms with Gasteiger partial charge in [0.1, 0.15) is 36.2 Å². The lowest BCUT2D eigenvalue weighted by molar-refractivity contribution is -0.140. The monoisotopic (exact) mass is 854 g/mol. The molecular weight excluding hydrogens is 818 g/mol. The number of piperidine rings is 1. The molecule has 2 saturated heterocycles. The summed E-state index contributed by atoms with van der Waals surface area (Å²) in [5.74, 6) is 4.06. The highest BCUT2D eigenvalue weighted by Crippen LogP contribution is 2.41. The van der Waals surface area contributed by atoms with Crippen LogP contribution >= 0.6 is 0 Å². The average Bonchev–Trinajstić information content (AvgIpc) is 3.67. The van der Waals surface area contributed by atoms with Crippen molar-refractivity contribution in [3.63, 3.8) is 0 Å². The number of pyridine rings is 2. The van der Waals surface area contributed by atoms with Crippen molar-refractivity contribution in [2.45, 2.75) is 56.2 Å². The van der Waals surface area contributed by atoms with E-state index in [1.165, 1.54) is 6.20 Å².